The average Bonchev–Trinajstić information content (AvgIpc) is 2.75. The van der Waals surface area contributed by atoms with Gasteiger partial charge in [-0.1, -0.05) is 0 Å². The quantitative estimate of drug-likeness (QED) is 0.603. The van der Waals surface area contributed by atoms with Crippen molar-refractivity contribution in [2.45, 2.75) is 19.9 Å². The Hall–Kier alpha value is -3.48. The fourth-order valence-electron chi connectivity index (χ4n) is 3.73. The first kappa shape index (κ1) is 19.8. The van der Waals surface area contributed by atoms with Crippen LogP contribution in [-0.4, -0.2) is 38.2 Å². The highest BCUT2D eigenvalue weighted by Gasteiger charge is 2.23. The van der Waals surface area contributed by atoms with Crippen LogP contribution in [0.25, 0.3) is 11.0 Å². The van der Waals surface area contributed by atoms with Crippen LogP contribution in [0.5, 0.6) is 17.2 Å². The van der Waals surface area contributed by atoms with E-state index < -0.39 is 5.63 Å². The molecule has 156 valence electrons. The Balaban J connectivity index is 1.45. The molecule has 0 N–H and O–H groups in total. The van der Waals surface area contributed by atoms with Gasteiger partial charge in [0.25, 0.3) is 5.91 Å². The molecule has 0 saturated heterocycles. The molecule has 30 heavy (non-hydrogen) atoms. The van der Waals surface area contributed by atoms with Crippen LogP contribution < -0.4 is 19.8 Å². The van der Waals surface area contributed by atoms with E-state index in [9.17, 15) is 9.59 Å². The number of benzene rings is 2. The average molecular weight is 409 g/mol. The van der Waals surface area contributed by atoms with Gasteiger partial charge in [-0.25, -0.2) is 4.79 Å². The smallest absolute Gasteiger partial charge is 0.336 e. The van der Waals surface area contributed by atoms with E-state index in [-0.39, 0.29) is 12.5 Å². The van der Waals surface area contributed by atoms with E-state index in [4.69, 9.17) is 18.6 Å². The maximum atomic E-state index is 12.7. The second-order valence-electron chi connectivity index (χ2n) is 7.24. The van der Waals surface area contributed by atoms with E-state index in [1.165, 1.54) is 6.07 Å². The third kappa shape index (κ3) is 3.83. The Bertz CT molecular complexity index is 1170. The minimum Gasteiger partial charge on any atom is -0.493 e. The Labute approximate surface area is 173 Å². The van der Waals surface area contributed by atoms with E-state index in [0.29, 0.717) is 35.9 Å². The lowest BCUT2D eigenvalue weighted by Gasteiger charge is -2.29. The van der Waals surface area contributed by atoms with Gasteiger partial charge in [0.2, 0.25) is 0 Å². The van der Waals surface area contributed by atoms with Gasteiger partial charge in [0.15, 0.2) is 18.1 Å². The molecule has 1 aliphatic rings. The molecule has 7 nitrogen and oxygen atoms in total. The van der Waals surface area contributed by atoms with Crippen LogP contribution in [-0.2, 0) is 17.8 Å². The van der Waals surface area contributed by atoms with Gasteiger partial charge in [-0.2, -0.15) is 0 Å². The Morgan fingerprint density at radius 2 is 1.80 bits per heavy atom. The molecule has 4 rings (SSSR count). The predicted molar refractivity (Wildman–Crippen MR) is 111 cm³/mol. The molecular formula is C23H23NO6. The highest BCUT2D eigenvalue weighted by Crippen LogP contribution is 2.33. The SMILES string of the molecule is COc1cc2c(cc1OC)CN(C(=O)COc1ccc3c(C)cc(=O)oc3c1)CC2. The Morgan fingerprint density at radius 1 is 1.07 bits per heavy atom. The summed E-state index contributed by atoms with van der Waals surface area (Å²) in [6.07, 6.45) is 0.738. The van der Waals surface area contributed by atoms with Gasteiger partial charge in [0.05, 0.1) is 14.2 Å². The fraction of sp³-hybridized carbons (Fsp3) is 0.304. The zero-order valence-corrected chi connectivity index (χ0v) is 17.2. The van der Waals surface area contributed by atoms with Crippen LogP contribution in [0.15, 0.2) is 45.6 Å². The molecule has 3 aromatic rings. The van der Waals surface area contributed by atoms with Crippen LogP contribution in [0.4, 0.5) is 0 Å². The first-order valence-electron chi connectivity index (χ1n) is 9.67. The summed E-state index contributed by atoms with van der Waals surface area (Å²) in [6.45, 7) is 2.85. The first-order chi connectivity index (χ1) is 14.5. The Morgan fingerprint density at radius 3 is 2.53 bits per heavy atom. The van der Waals surface area contributed by atoms with Crippen molar-refractivity contribution in [1.82, 2.24) is 4.90 Å². The van der Waals surface area contributed by atoms with Gasteiger partial charge in [-0.3, -0.25) is 4.79 Å². The number of methoxy groups -OCH3 is 2. The number of ether oxygens (including phenoxy) is 3. The largest absolute Gasteiger partial charge is 0.493 e. The number of carbonyl (C=O) groups is 1. The summed E-state index contributed by atoms with van der Waals surface area (Å²) in [7, 11) is 3.20. The first-order valence-corrected chi connectivity index (χ1v) is 9.67. The fourth-order valence-corrected chi connectivity index (χ4v) is 3.73. The summed E-state index contributed by atoms with van der Waals surface area (Å²) in [4.78, 5) is 26.1. The molecule has 1 aliphatic heterocycles. The number of amides is 1. The molecule has 1 aromatic heterocycles. The van der Waals surface area contributed by atoms with Crippen LogP contribution in [0.3, 0.4) is 0 Å². The van der Waals surface area contributed by atoms with Crippen molar-refractivity contribution in [3.8, 4) is 17.2 Å². The summed E-state index contributed by atoms with van der Waals surface area (Å²) in [6, 6.07) is 10.6. The van der Waals surface area contributed by atoms with E-state index in [1.807, 2.05) is 25.1 Å². The number of hydrogen-bond acceptors (Lipinski definition) is 6. The second kappa shape index (κ2) is 8.10. The third-order valence-corrected chi connectivity index (χ3v) is 5.36. The van der Waals surface area contributed by atoms with Crippen molar-refractivity contribution in [3.05, 3.63) is 63.5 Å². The topological polar surface area (TPSA) is 78.2 Å². The van der Waals surface area contributed by atoms with Crippen LogP contribution >= 0.6 is 0 Å². The molecule has 0 saturated carbocycles. The van der Waals surface area contributed by atoms with Gasteiger partial charge in [0, 0.05) is 30.6 Å². The molecule has 0 radical (unpaired) electrons. The molecule has 0 bridgehead atoms. The lowest BCUT2D eigenvalue weighted by atomic mass is 9.99. The van der Waals surface area contributed by atoms with E-state index in [1.54, 1.807) is 31.3 Å². The van der Waals surface area contributed by atoms with Crippen LogP contribution in [0, 0.1) is 6.92 Å². The van der Waals surface area contributed by atoms with Gasteiger partial charge < -0.3 is 23.5 Å². The number of aryl methyl sites for hydroxylation is 1. The molecule has 2 aromatic carbocycles. The van der Waals surface area contributed by atoms with E-state index in [2.05, 4.69) is 0 Å². The molecule has 0 atom stereocenters. The number of hydrogen-bond donors (Lipinski definition) is 0. The summed E-state index contributed by atoms with van der Waals surface area (Å²) >= 11 is 0. The zero-order valence-electron chi connectivity index (χ0n) is 17.2. The highest BCUT2D eigenvalue weighted by atomic mass is 16.5. The maximum Gasteiger partial charge on any atom is 0.336 e. The molecule has 1 amide bonds. The van der Waals surface area contributed by atoms with Crippen molar-refractivity contribution < 1.29 is 23.4 Å². The molecule has 2 heterocycles. The molecule has 0 unspecified atom stereocenters. The van der Waals surface area contributed by atoms with Crippen molar-refractivity contribution in [2.24, 2.45) is 0 Å². The number of carbonyl (C=O) groups excluding carboxylic acids is 1. The summed E-state index contributed by atoms with van der Waals surface area (Å²) < 4.78 is 21.6. The van der Waals surface area contributed by atoms with Gasteiger partial charge in [-0.05, 0) is 54.3 Å². The van der Waals surface area contributed by atoms with Crippen molar-refractivity contribution in [1.29, 1.82) is 0 Å². The van der Waals surface area contributed by atoms with E-state index in [0.717, 1.165) is 28.5 Å². The minimum absolute atomic E-state index is 0.0931. The van der Waals surface area contributed by atoms with Crippen LogP contribution in [0.2, 0.25) is 0 Å². The summed E-state index contributed by atoms with van der Waals surface area (Å²) in [5, 5.41) is 0.838. The van der Waals surface area contributed by atoms with E-state index >= 15 is 0 Å². The predicted octanol–water partition coefficient (Wildman–Crippen LogP) is 3.08. The number of rotatable bonds is 5. The van der Waals surface area contributed by atoms with Gasteiger partial charge in [-0.15, -0.1) is 0 Å². The van der Waals surface area contributed by atoms with Crippen molar-refractivity contribution in [3.63, 3.8) is 0 Å². The van der Waals surface area contributed by atoms with Gasteiger partial charge >= 0.3 is 5.63 Å². The highest BCUT2D eigenvalue weighted by molar-refractivity contribution is 5.82. The molecule has 7 heteroatoms. The number of nitrogens with zero attached hydrogens (tertiary/aromatic N) is 1. The maximum absolute atomic E-state index is 12.7. The molecule has 0 fully saturated rings. The second-order valence-corrected chi connectivity index (χ2v) is 7.24. The lowest BCUT2D eigenvalue weighted by molar-refractivity contribution is -0.134. The van der Waals surface area contributed by atoms with Gasteiger partial charge in [0.1, 0.15) is 11.3 Å². The zero-order chi connectivity index (χ0) is 21.3. The summed E-state index contributed by atoms with van der Waals surface area (Å²) in [5.74, 6) is 1.71. The van der Waals surface area contributed by atoms with Crippen LogP contribution in [0.1, 0.15) is 16.7 Å². The lowest BCUT2D eigenvalue weighted by Crippen LogP contribution is -2.38. The van der Waals surface area contributed by atoms with Crippen molar-refractivity contribution >= 4 is 16.9 Å². The molecule has 0 aliphatic carbocycles. The monoisotopic (exact) mass is 409 g/mol. The van der Waals surface area contributed by atoms with Crippen molar-refractivity contribution in [2.75, 3.05) is 27.4 Å². The Kier molecular flexibility index (Phi) is 5.35. The standard InChI is InChI=1S/C23H23NO6/c1-14-8-23(26)30-19-11-17(4-5-18(14)19)29-13-22(25)24-7-6-15-9-20(27-2)21(28-3)10-16(15)12-24/h4-5,8-11H,6-7,12-13H2,1-3H3. The molecule has 0 spiro atoms. The molecular weight excluding hydrogens is 386 g/mol. The number of fused-ring (bicyclic) bond motifs is 2. The summed E-state index contributed by atoms with van der Waals surface area (Å²) in [5.41, 5.74) is 3.06. The minimum atomic E-state index is -0.410. The third-order valence-electron chi connectivity index (χ3n) is 5.36. The normalized spacial score (nSPS) is 13.1.